The summed E-state index contributed by atoms with van der Waals surface area (Å²) in [5.74, 6) is 1.26. The summed E-state index contributed by atoms with van der Waals surface area (Å²) in [5, 5.41) is 0. The molecule has 1 heteroatoms. The van der Waals surface area contributed by atoms with Crippen molar-refractivity contribution in [2.45, 2.75) is 86.2 Å². The maximum absolute atomic E-state index is 5.77. The van der Waals surface area contributed by atoms with Crippen LogP contribution in [0.25, 0.3) is 0 Å². The minimum Gasteiger partial charge on any atom is -0.376 e. The van der Waals surface area contributed by atoms with Crippen LogP contribution < -0.4 is 0 Å². The molecule has 1 nitrogen and oxygen atoms in total. The predicted molar refractivity (Wildman–Crippen MR) is 103 cm³/mol. The molecule has 1 rings (SSSR count). The van der Waals surface area contributed by atoms with Crippen molar-refractivity contribution in [3.63, 3.8) is 0 Å². The Labute approximate surface area is 144 Å². The molecule has 0 aromatic heterocycles. The third-order valence-corrected chi connectivity index (χ3v) is 4.29. The van der Waals surface area contributed by atoms with E-state index in [0.717, 1.165) is 6.61 Å². The standard InChI is InChI=1S/C22H38O/c1-17(2)21(18(3)4)20-14-13-19(16-20)12-10-8-9-11-15-23-22(5,6)7/h13-14,16-18H,8-12,15H2,1-7H3. The molecule has 0 aromatic carbocycles. The van der Waals surface area contributed by atoms with Crippen LogP contribution in [0.15, 0.2) is 34.9 Å². The number of allylic oxidation sites excluding steroid dienone is 6. The molecule has 0 fully saturated rings. The smallest absolute Gasteiger partial charge is 0.0598 e. The van der Waals surface area contributed by atoms with Crippen LogP contribution in [0, 0.1) is 11.8 Å². The van der Waals surface area contributed by atoms with Gasteiger partial charge in [-0.1, -0.05) is 64.3 Å². The van der Waals surface area contributed by atoms with Crippen molar-refractivity contribution in [2.75, 3.05) is 6.61 Å². The maximum Gasteiger partial charge on any atom is 0.0598 e. The van der Waals surface area contributed by atoms with Crippen LogP contribution in [-0.4, -0.2) is 12.2 Å². The third kappa shape index (κ3) is 8.01. The number of hydrogen-bond donors (Lipinski definition) is 0. The molecule has 1 aliphatic rings. The topological polar surface area (TPSA) is 9.23 Å². The molecule has 0 aromatic rings. The molecular formula is C22H38O. The molecule has 0 N–H and O–H groups in total. The minimum absolute atomic E-state index is 0.00667. The van der Waals surface area contributed by atoms with Crippen molar-refractivity contribution in [3.8, 4) is 0 Å². The Morgan fingerprint density at radius 2 is 1.52 bits per heavy atom. The van der Waals surface area contributed by atoms with Crippen molar-refractivity contribution < 1.29 is 4.74 Å². The monoisotopic (exact) mass is 318 g/mol. The van der Waals surface area contributed by atoms with E-state index in [9.17, 15) is 0 Å². The van der Waals surface area contributed by atoms with Crippen molar-refractivity contribution in [1.82, 2.24) is 0 Å². The van der Waals surface area contributed by atoms with Crippen molar-refractivity contribution in [3.05, 3.63) is 34.9 Å². The zero-order valence-electron chi connectivity index (χ0n) is 16.5. The Morgan fingerprint density at radius 3 is 2.09 bits per heavy atom. The Hall–Kier alpha value is -0.820. The van der Waals surface area contributed by atoms with Gasteiger partial charge in [-0.3, -0.25) is 0 Å². The number of unbranched alkanes of at least 4 members (excludes halogenated alkanes) is 3. The van der Waals surface area contributed by atoms with Gasteiger partial charge in [-0.25, -0.2) is 0 Å². The summed E-state index contributed by atoms with van der Waals surface area (Å²) < 4.78 is 5.77. The lowest BCUT2D eigenvalue weighted by molar-refractivity contribution is -0.00473. The Balaban J connectivity index is 2.31. The van der Waals surface area contributed by atoms with Gasteiger partial charge in [0.25, 0.3) is 0 Å². The van der Waals surface area contributed by atoms with Crippen LogP contribution >= 0.6 is 0 Å². The van der Waals surface area contributed by atoms with E-state index in [1.54, 1.807) is 5.57 Å². The van der Waals surface area contributed by atoms with Crippen LogP contribution in [-0.2, 0) is 4.74 Å². The second-order valence-electron chi connectivity index (χ2n) is 8.40. The summed E-state index contributed by atoms with van der Waals surface area (Å²) in [6.07, 6.45) is 13.3. The molecule has 0 aliphatic heterocycles. The zero-order chi connectivity index (χ0) is 17.5. The van der Waals surface area contributed by atoms with E-state index in [1.807, 2.05) is 0 Å². The fraction of sp³-hybridized carbons (Fsp3) is 0.727. The fourth-order valence-electron chi connectivity index (χ4n) is 3.32. The van der Waals surface area contributed by atoms with E-state index in [2.05, 4.69) is 66.7 Å². The zero-order valence-corrected chi connectivity index (χ0v) is 16.5. The van der Waals surface area contributed by atoms with Crippen LogP contribution in [0.1, 0.15) is 80.6 Å². The summed E-state index contributed by atoms with van der Waals surface area (Å²) >= 11 is 0. The van der Waals surface area contributed by atoms with Crippen molar-refractivity contribution in [1.29, 1.82) is 0 Å². The molecule has 0 saturated heterocycles. The highest BCUT2D eigenvalue weighted by atomic mass is 16.5. The average Bonchev–Trinajstić information content (AvgIpc) is 2.83. The lowest BCUT2D eigenvalue weighted by Crippen LogP contribution is -2.19. The molecule has 0 saturated carbocycles. The van der Waals surface area contributed by atoms with Gasteiger partial charge < -0.3 is 4.74 Å². The second kappa shape index (κ2) is 9.47. The molecule has 0 bridgehead atoms. The normalized spacial score (nSPS) is 15.0. The largest absolute Gasteiger partial charge is 0.376 e. The van der Waals surface area contributed by atoms with E-state index < -0.39 is 0 Å². The van der Waals surface area contributed by atoms with E-state index in [0.29, 0.717) is 11.8 Å². The summed E-state index contributed by atoms with van der Waals surface area (Å²) in [5.41, 5.74) is 4.57. The molecule has 132 valence electrons. The number of hydrogen-bond acceptors (Lipinski definition) is 1. The highest BCUT2D eigenvalue weighted by Crippen LogP contribution is 2.30. The SMILES string of the molecule is CC(C)C(=C1C=CC(CCCCCCOC(C)(C)C)=C1)C(C)C. The predicted octanol–water partition coefficient (Wildman–Crippen LogP) is 6.86. The molecule has 0 atom stereocenters. The Morgan fingerprint density at radius 1 is 0.913 bits per heavy atom. The van der Waals surface area contributed by atoms with Gasteiger partial charge in [-0.05, 0) is 63.0 Å². The van der Waals surface area contributed by atoms with Crippen molar-refractivity contribution >= 4 is 0 Å². The highest BCUT2D eigenvalue weighted by molar-refractivity contribution is 5.49. The van der Waals surface area contributed by atoms with Crippen molar-refractivity contribution in [2.24, 2.45) is 11.8 Å². The molecule has 1 aliphatic carbocycles. The van der Waals surface area contributed by atoms with Crippen LogP contribution in [0.2, 0.25) is 0 Å². The first kappa shape index (κ1) is 20.2. The first-order valence-electron chi connectivity index (χ1n) is 9.47. The van der Waals surface area contributed by atoms with Gasteiger partial charge in [0.1, 0.15) is 0 Å². The molecule has 0 heterocycles. The van der Waals surface area contributed by atoms with E-state index >= 15 is 0 Å². The van der Waals surface area contributed by atoms with Gasteiger partial charge in [0, 0.05) is 6.61 Å². The van der Waals surface area contributed by atoms with Crippen LogP contribution in [0.4, 0.5) is 0 Å². The summed E-state index contributed by atoms with van der Waals surface area (Å²) in [6, 6.07) is 0. The lowest BCUT2D eigenvalue weighted by atomic mass is 9.88. The quantitative estimate of drug-likeness (QED) is 0.422. The summed E-state index contributed by atoms with van der Waals surface area (Å²) in [6.45, 7) is 16.5. The average molecular weight is 319 g/mol. The van der Waals surface area contributed by atoms with Gasteiger partial charge in [-0.2, -0.15) is 0 Å². The minimum atomic E-state index is 0.00667. The molecule has 23 heavy (non-hydrogen) atoms. The Bertz CT molecular complexity index is 431. The van der Waals surface area contributed by atoms with Gasteiger partial charge in [0.2, 0.25) is 0 Å². The van der Waals surface area contributed by atoms with Gasteiger partial charge in [-0.15, -0.1) is 0 Å². The second-order valence-corrected chi connectivity index (χ2v) is 8.40. The Kier molecular flexibility index (Phi) is 8.33. The molecule has 0 spiro atoms. The van der Waals surface area contributed by atoms with Crippen LogP contribution in [0.5, 0.6) is 0 Å². The molecule has 0 radical (unpaired) electrons. The fourth-order valence-corrected chi connectivity index (χ4v) is 3.32. The van der Waals surface area contributed by atoms with E-state index in [-0.39, 0.29) is 5.60 Å². The van der Waals surface area contributed by atoms with Crippen LogP contribution in [0.3, 0.4) is 0 Å². The highest BCUT2D eigenvalue weighted by Gasteiger charge is 2.14. The third-order valence-electron chi connectivity index (χ3n) is 4.29. The molecule has 0 unspecified atom stereocenters. The number of ether oxygens (including phenoxy) is 1. The van der Waals surface area contributed by atoms with E-state index in [4.69, 9.17) is 4.74 Å². The molecular weight excluding hydrogens is 280 g/mol. The van der Waals surface area contributed by atoms with Gasteiger partial charge in [0.15, 0.2) is 0 Å². The van der Waals surface area contributed by atoms with Gasteiger partial charge >= 0.3 is 0 Å². The van der Waals surface area contributed by atoms with E-state index in [1.165, 1.54) is 43.3 Å². The molecule has 0 amide bonds. The summed E-state index contributed by atoms with van der Waals surface area (Å²) in [4.78, 5) is 0. The summed E-state index contributed by atoms with van der Waals surface area (Å²) in [7, 11) is 0. The van der Waals surface area contributed by atoms with Gasteiger partial charge in [0.05, 0.1) is 5.60 Å². The maximum atomic E-state index is 5.77. The first-order valence-corrected chi connectivity index (χ1v) is 9.47. The number of rotatable bonds is 9. The lowest BCUT2D eigenvalue weighted by Gasteiger charge is -2.19. The first-order chi connectivity index (χ1) is 10.7.